The van der Waals surface area contributed by atoms with Crippen LogP contribution in [-0.4, -0.2) is 5.91 Å². The summed E-state index contributed by atoms with van der Waals surface area (Å²) < 4.78 is 1.03. The predicted octanol–water partition coefficient (Wildman–Crippen LogP) is 4.17. The summed E-state index contributed by atoms with van der Waals surface area (Å²) in [5, 5.41) is 6.25. The van der Waals surface area contributed by atoms with Crippen LogP contribution in [0, 0.1) is 13.8 Å². The van der Waals surface area contributed by atoms with E-state index in [1.807, 2.05) is 44.2 Å². The van der Waals surface area contributed by atoms with Crippen LogP contribution in [0.1, 0.15) is 22.7 Å². The number of aryl methyl sites for hydroxylation is 2. The van der Waals surface area contributed by atoms with Crippen molar-refractivity contribution in [3.05, 3.63) is 57.6 Å². The highest BCUT2D eigenvalue weighted by molar-refractivity contribution is 9.10. The van der Waals surface area contributed by atoms with Crippen LogP contribution < -0.4 is 10.6 Å². The smallest absolute Gasteiger partial charge is 0.251 e. The molecule has 4 heteroatoms. The summed E-state index contributed by atoms with van der Waals surface area (Å²) >= 11 is 3.45. The van der Waals surface area contributed by atoms with E-state index in [4.69, 9.17) is 0 Å². The van der Waals surface area contributed by atoms with Gasteiger partial charge in [-0.2, -0.15) is 0 Å². The van der Waals surface area contributed by atoms with E-state index in [0.717, 1.165) is 32.5 Å². The molecule has 1 aliphatic rings. The molecule has 0 spiro atoms. The number of anilines is 2. The van der Waals surface area contributed by atoms with Gasteiger partial charge in [-0.15, -0.1) is 0 Å². The molecule has 1 unspecified atom stereocenters. The molecule has 2 aromatic rings. The van der Waals surface area contributed by atoms with E-state index in [9.17, 15) is 4.79 Å². The summed E-state index contributed by atoms with van der Waals surface area (Å²) in [5.74, 6) is -0.00656. The van der Waals surface area contributed by atoms with Gasteiger partial charge in [-0.05, 0) is 43.7 Å². The van der Waals surface area contributed by atoms with Crippen LogP contribution in [0.3, 0.4) is 0 Å². The number of nitrogens with one attached hydrogen (secondary N) is 2. The van der Waals surface area contributed by atoms with Crippen molar-refractivity contribution in [1.29, 1.82) is 0 Å². The fourth-order valence-corrected chi connectivity index (χ4v) is 2.94. The first kappa shape index (κ1) is 13.2. The van der Waals surface area contributed by atoms with Gasteiger partial charge in [0.05, 0.1) is 0 Å². The molecule has 0 aliphatic carbocycles. The zero-order chi connectivity index (χ0) is 14.3. The molecule has 0 fully saturated rings. The Labute approximate surface area is 126 Å². The normalized spacial score (nSPS) is 16.8. The molecule has 1 amide bonds. The van der Waals surface area contributed by atoms with Gasteiger partial charge in [0.15, 0.2) is 0 Å². The fourth-order valence-electron chi connectivity index (χ4n) is 2.47. The molecule has 1 aliphatic heterocycles. The Hall–Kier alpha value is -1.81. The lowest BCUT2D eigenvalue weighted by Crippen LogP contribution is -2.20. The quantitative estimate of drug-likeness (QED) is 0.867. The van der Waals surface area contributed by atoms with Crippen molar-refractivity contribution in [3.63, 3.8) is 0 Å². The fraction of sp³-hybridized carbons (Fsp3) is 0.188. The first-order chi connectivity index (χ1) is 9.54. The lowest BCUT2D eigenvalue weighted by Gasteiger charge is -2.15. The maximum absolute atomic E-state index is 12.1. The van der Waals surface area contributed by atoms with Crippen molar-refractivity contribution in [3.8, 4) is 0 Å². The minimum Gasteiger partial charge on any atom is -0.370 e. The number of benzene rings is 2. The van der Waals surface area contributed by atoms with E-state index in [-0.39, 0.29) is 11.9 Å². The Bertz CT molecular complexity index is 697. The molecule has 3 nitrogen and oxygen atoms in total. The molecular formula is C16H15BrN2O. The molecule has 0 saturated heterocycles. The first-order valence-electron chi connectivity index (χ1n) is 6.49. The van der Waals surface area contributed by atoms with Gasteiger partial charge in [0.2, 0.25) is 0 Å². The van der Waals surface area contributed by atoms with Crippen LogP contribution in [0.25, 0.3) is 0 Å². The Balaban J connectivity index is 1.95. The maximum Gasteiger partial charge on any atom is 0.251 e. The molecule has 1 heterocycles. The SMILES string of the molecule is Cc1ccc2c(c1)C(Nc1ccc(Br)cc1C)C(=O)N2. The molecule has 1 atom stereocenters. The highest BCUT2D eigenvalue weighted by atomic mass is 79.9. The van der Waals surface area contributed by atoms with Gasteiger partial charge in [0, 0.05) is 21.4 Å². The Morgan fingerprint density at radius 1 is 1.15 bits per heavy atom. The molecule has 0 saturated carbocycles. The van der Waals surface area contributed by atoms with E-state index >= 15 is 0 Å². The Kier molecular flexibility index (Phi) is 3.26. The summed E-state index contributed by atoms with van der Waals surface area (Å²) in [6, 6.07) is 11.7. The molecule has 2 N–H and O–H groups in total. The first-order valence-corrected chi connectivity index (χ1v) is 7.28. The number of carbonyl (C=O) groups is 1. The van der Waals surface area contributed by atoms with Crippen LogP contribution in [0.4, 0.5) is 11.4 Å². The predicted molar refractivity (Wildman–Crippen MR) is 85.1 cm³/mol. The zero-order valence-electron chi connectivity index (χ0n) is 11.3. The van der Waals surface area contributed by atoms with Crippen LogP contribution in [0.2, 0.25) is 0 Å². The van der Waals surface area contributed by atoms with Gasteiger partial charge in [0.1, 0.15) is 6.04 Å². The van der Waals surface area contributed by atoms with Gasteiger partial charge in [-0.25, -0.2) is 0 Å². The van der Waals surface area contributed by atoms with Crippen LogP contribution >= 0.6 is 15.9 Å². The van der Waals surface area contributed by atoms with Crippen molar-refractivity contribution in [1.82, 2.24) is 0 Å². The molecule has 102 valence electrons. The number of amides is 1. The summed E-state index contributed by atoms with van der Waals surface area (Å²) in [7, 11) is 0. The molecule has 3 rings (SSSR count). The van der Waals surface area contributed by atoms with E-state index in [2.05, 4.69) is 32.6 Å². The third kappa shape index (κ3) is 2.31. The lowest BCUT2D eigenvalue weighted by atomic mass is 10.0. The third-order valence-corrected chi connectivity index (χ3v) is 4.02. The van der Waals surface area contributed by atoms with Crippen LogP contribution in [0.5, 0.6) is 0 Å². The highest BCUT2D eigenvalue weighted by Gasteiger charge is 2.30. The molecule has 2 aromatic carbocycles. The Morgan fingerprint density at radius 2 is 1.95 bits per heavy atom. The maximum atomic E-state index is 12.1. The standard InChI is InChI=1S/C16H15BrN2O/c1-9-3-5-14-12(7-9)15(16(20)19-14)18-13-6-4-11(17)8-10(13)2/h3-8,15,18H,1-2H3,(H,19,20). The summed E-state index contributed by atoms with van der Waals surface area (Å²) in [6.07, 6.45) is 0. The average Bonchev–Trinajstić information content (AvgIpc) is 2.69. The number of hydrogen-bond donors (Lipinski definition) is 2. The van der Waals surface area contributed by atoms with Crippen molar-refractivity contribution < 1.29 is 4.79 Å². The summed E-state index contributed by atoms with van der Waals surface area (Å²) in [4.78, 5) is 12.1. The second-order valence-corrected chi connectivity index (χ2v) is 6.03. The van der Waals surface area contributed by atoms with Gasteiger partial charge >= 0.3 is 0 Å². The minimum absolute atomic E-state index is 0.00656. The van der Waals surface area contributed by atoms with Crippen molar-refractivity contribution in [2.75, 3.05) is 10.6 Å². The van der Waals surface area contributed by atoms with E-state index in [1.54, 1.807) is 0 Å². The second-order valence-electron chi connectivity index (χ2n) is 5.12. The van der Waals surface area contributed by atoms with Crippen molar-refractivity contribution >= 4 is 33.2 Å². The van der Waals surface area contributed by atoms with Crippen molar-refractivity contribution in [2.24, 2.45) is 0 Å². The number of fused-ring (bicyclic) bond motifs is 1. The molecule has 20 heavy (non-hydrogen) atoms. The topological polar surface area (TPSA) is 41.1 Å². The number of hydrogen-bond acceptors (Lipinski definition) is 2. The molecule has 0 bridgehead atoms. The largest absolute Gasteiger partial charge is 0.370 e. The van der Waals surface area contributed by atoms with Crippen molar-refractivity contribution in [2.45, 2.75) is 19.9 Å². The zero-order valence-corrected chi connectivity index (χ0v) is 12.9. The van der Waals surface area contributed by atoms with E-state index in [1.165, 1.54) is 0 Å². The number of rotatable bonds is 2. The number of carbonyl (C=O) groups excluding carboxylic acids is 1. The number of halogens is 1. The van der Waals surface area contributed by atoms with Gasteiger partial charge in [-0.1, -0.05) is 33.6 Å². The summed E-state index contributed by atoms with van der Waals surface area (Å²) in [6.45, 7) is 4.06. The molecule has 0 radical (unpaired) electrons. The third-order valence-electron chi connectivity index (χ3n) is 3.53. The Morgan fingerprint density at radius 3 is 2.70 bits per heavy atom. The lowest BCUT2D eigenvalue weighted by molar-refractivity contribution is -0.116. The second kappa shape index (κ2) is 4.94. The summed E-state index contributed by atoms with van der Waals surface area (Å²) in [5.41, 5.74) is 5.14. The van der Waals surface area contributed by atoms with Gasteiger partial charge in [-0.3, -0.25) is 4.79 Å². The van der Waals surface area contributed by atoms with Crippen LogP contribution in [-0.2, 0) is 4.79 Å². The highest BCUT2D eigenvalue weighted by Crippen LogP contribution is 2.34. The van der Waals surface area contributed by atoms with Crippen LogP contribution in [0.15, 0.2) is 40.9 Å². The monoisotopic (exact) mass is 330 g/mol. The average molecular weight is 331 g/mol. The molecule has 0 aromatic heterocycles. The van der Waals surface area contributed by atoms with Gasteiger partial charge in [0.25, 0.3) is 5.91 Å². The van der Waals surface area contributed by atoms with E-state index in [0.29, 0.717) is 0 Å². The van der Waals surface area contributed by atoms with Gasteiger partial charge < -0.3 is 10.6 Å². The van der Waals surface area contributed by atoms with E-state index < -0.39 is 0 Å². The molecular weight excluding hydrogens is 316 g/mol. The minimum atomic E-state index is -0.329.